The average Bonchev–Trinajstić information content (AvgIpc) is 3.39. The minimum atomic E-state index is -4.38. The molecule has 11 heteroatoms. The second-order valence-electron chi connectivity index (χ2n) is 7.82. The maximum absolute atomic E-state index is 12.7. The lowest BCUT2D eigenvalue weighted by molar-refractivity contribution is -0.137. The topological polar surface area (TPSA) is 106 Å². The third kappa shape index (κ3) is 5.20. The summed E-state index contributed by atoms with van der Waals surface area (Å²) in [6.07, 6.45) is -3.76. The standard InChI is InChI=1S/C23H21F3N4O3S/c1-33-21(32)19-20(13-4-7-17-14(9-13)10-18(31)29-17)34-22(30-19)28-11-16(27)8-12-2-5-15(6-3-12)23(24,25)26/h2-7,9,16H,8,10-11,27H2,1H3,(H,28,30)(H,29,31)/t16-/m0/s1. The molecule has 4 N–H and O–H groups in total. The normalized spacial score (nSPS) is 13.9. The van der Waals surface area contributed by atoms with E-state index in [1.54, 1.807) is 12.1 Å². The van der Waals surface area contributed by atoms with Crippen molar-refractivity contribution >= 4 is 34.0 Å². The summed E-state index contributed by atoms with van der Waals surface area (Å²) < 4.78 is 43.0. The number of anilines is 2. The molecule has 0 saturated carbocycles. The van der Waals surface area contributed by atoms with Gasteiger partial charge in [-0.05, 0) is 47.4 Å². The van der Waals surface area contributed by atoms with Crippen LogP contribution in [0.3, 0.4) is 0 Å². The summed E-state index contributed by atoms with van der Waals surface area (Å²) in [7, 11) is 1.27. The van der Waals surface area contributed by atoms with Crippen molar-refractivity contribution in [2.45, 2.75) is 25.1 Å². The lowest BCUT2D eigenvalue weighted by Crippen LogP contribution is -2.31. The molecule has 0 unspecified atom stereocenters. The van der Waals surface area contributed by atoms with Gasteiger partial charge < -0.3 is 21.1 Å². The highest BCUT2D eigenvalue weighted by Gasteiger charge is 2.30. The second kappa shape index (κ2) is 9.43. The van der Waals surface area contributed by atoms with Crippen molar-refractivity contribution in [1.82, 2.24) is 4.98 Å². The fourth-order valence-corrected chi connectivity index (χ4v) is 4.58. The van der Waals surface area contributed by atoms with Gasteiger partial charge in [0.2, 0.25) is 5.91 Å². The summed E-state index contributed by atoms with van der Waals surface area (Å²) in [6.45, 7) is 0.289. The van der Waals surface area contributed by atoms with Crippen LogP contribution in [0.5, 0.6) is 0 Å². The van der Waals surface area contributed by atoms with Crippen LogP contribution in [0.25, 0.3) is 10.4 Å². The maximum atomic E-state index is 12.7. The quantitative estimate of drug-likeness (QED) is 0.431. The van der Waals surface area contributed by atoms with Crippen molar-refractivity contribution < 1.29 is 27.5 Å². The van der Waals surface area contributed by atoms with E-state index in [9.17, 15) is 22.8 Å². The fourth-order valence-electron chi connectivity index (χ4n) is 3.62. The Balaban J connectivity index is 1.46. The van der Waals surface area contributed by atoms with Crippen molar-refractivity contribution in [1.29, 1.82) is 0 Å². The van der Waals surface area contributed by atoms with Gasteiger partial charge in [0.05, 0.1) is 24.0 Å². The van der Waals surface area contributed by atoms with Gasteiger partial charge in [-0.1, -0.05) is 29.5 Å². The predicted molar refractivity (Wildman–Crippen MR) is 123 cm³/mol. The highest BCUT2D eigenvalue weighted by molar-refractivity contribution is 7.19. The number of thiazole rings is 1. The van der Waals surface area contributed by atoms with E-state index in [-0.39, 0.29) is 24.6 Å². The number of hydrogen-bond acceptors (Lipinski definition) is 7. The van der Waals surface area contributed by atoms with Gasteiger partial charge in [-0.25, -0.2) is 9.78 Å². The Labute approximate surface area is 197 Å². The van der Waals surface area contributed by atoms with E-state index in [1.807, 2.05) is 6.07 Å². The number of rotatable bonds is 7. The van der Waals surface area contributed by atoms with Gasteiger partial charge in [0.1, 0.15) is 0 Å². The number of nitrogens with two attached hydrogens (primary N) is 1. The van der Waals surface area contributed by atoms with E-state index in [0.29, 0.717) is 22.0 Å². The van der Waals surface area contributed by atoms with Gasteiger partial charge in [0.15, 0.2) is 10.8 Å². The van der Waals surface area contributed by atoms with Gasteiger partial charge in [-0.3, -0.25) is 4.79 Å². The van der Waals surface area contributed by atoms with Gasteiger partial charge >= 0.3 is 12.1 Å². The number of carbonyl (C=O) groups is 2. The molecule has 178 valence electrons. The molecule has 34 heavy (non-hydrogen) atoms. The molecule has 3 aromatic rings. The van der Waals surface area contributed by atoms with E-state index in [4.69, 9.17) is 10.5 Å². The zero-order valence-corrected chi connectivity index (χ0v) is 18.8. The molecule has 0 spiro atoms. The summed E-state index contributed by atoms with van der Waals surface area (Å²) >= 11 is 1.25. The van der Waals surface area contributed by atoms with Crippen LogP contribution in [-0.4, -0.2) is 36.6 Å². The Morgan fingerprint density at radius 1 is 1.26 bits per heavy atom. The number of aromatic nitrogens is 1. The Kier molecular flexibility index (Phi) is 6.58. The molecule has 0 radical (unpaired) electrons. The minimum absolute atomic E-state index is 0.0889. The van der Waals surface area contributed by atoms with Crippen LogP contribution in [0, 0.1) is 0 Å². The highest BCUT2D eigenvalue weighted by Crippen LogP contribution is 2.36. The highest BCUT2D eigenvalue weighted by atomic mass is 32.1. The average molecular weight is 491 g/mol. The molecule has 2 heterocycles. The number of benzene rings is 2. The van der Waals surface area contributed by atoms with Gasteiger partial charge in [-0.2, -0.15) is 13.2 Å². The first-order valence-corrected chi connectivity index (χ1v) is 11.1. The third-order valence-corrected chi connectivity index (χ3v) is 6.36. The van der Waals surface area contributed by atoms with Crippen molar-refractivity contribution in [2.75, 3.05) is 24.3 Å². The molecule has 1 aliphatic heterocycles. The predicted octanol–water partition coefficient (Wildman–Crippen LogP) is 4.09. The van der Waals surface area contributed by atoms with Crippen LogP contribution in [0.1, 0.15) is 27.2 Å². The van der Waals surface area contributed by atoms with Crippen LogP contribution in [0.15, 0.2) is 42.5 Å². The molecule has 7 nitrogen and oxygen atoms in total. The number of ether oxygens (including phenoxy) is 1. The lowest BCUT2D eigenvalue weighted by Gasteiger charge is -2.13. The van der Waals surface area contributed by atoms with E-state index in [0.717, 1.165) is 28.9 Å². The first kappa shape index (κ1) is 23.7. The smallest absolute Gasteiger partial charge is 0.416 e. The van der Waals surface area contributed by atoms with Gasteiger partial charge in [-0.15, -0.1) is 0 Å². The number of amides is 1. The number of nitrogens with zero attached hydrogens (tertiary/aromatic N) is 1. The van der Waals surface area contributed by atoms with Crippen molar-refractivity contribution in [3.05, 3.63) is 64.8 Å². The molecule has 0 fully saturated rings. The molecule has 2 aromatic carbocycles. The number of fused-ring (bicyclic) bond motifs is 1. The second-order valence-corrected chi connectivity index (χ2v) is 8.82. The van der Waals surface area contributed by atoms with E-state index < -0.39 is 23.8 Å². The van der Waals surface area contributed by atoms with Crippen molar-refractivity contribution in [3.63, 3.8) is 0 Å². The molecule has 4 rings (SSSR count). The van der Waals surface area contributed by atoms with Crippen LogP contribution < -0.4 is 16.4 Å². The molecular formula is C23H21F3N4O3S. The lowest BCUT2D eigenvalue weighted by atomic mass is 10.0. The Morgan fingerprint density at radius 2 is 2.00 bits per heavy atom. The number of hydrogen-bond donors (Lipinski definition) is 3. The van der Waals surface area contributed by atoms with Crippen molar-refractivity contribution in [3.8, 4) is 10.4 Å². The monoisotopic (exact) mass is 490 g/mol. The zero-order valence-electron chi connectivity index (χ0n) is 18.0. The molecular weight excluding hydrogens is 469 g/mol. The first-order chi connectivity index (χ1) is 16.1. The van der Waals surface area contributed by atoms with Gasteiger partial charge in [0, 0.05) is 18.3 Å². The van der Waals surface area contributed by atoms with Crippen LogP contribution in [0.4, 0.5) is 24.0 Å². The summed E-state index contributed by atoms with van der Waals surface area (Å²) in [4.78, 5) is 28.9. The molecule has 1 aliphatic rings. The number of nitrogens with one attached hydrogen (secondary N) is 2. The van der Waals surface area contributed by atoms with E-state index >= 15 is 0 Å². The molecule has 0 bridgehead atoms. The largest absolute Gasteiger partial charge is 0.464 e. The maximum Gasteiger partial charge on any atom is 0.416 e. The SMILES string of the molecule is COC(=O)c1nc(NC[C@@H](N)Cc2ccc(C(F)(F)F)cc2)sc1-c1ccc2c(c1)CC(=O)N2. The zero-order chi connectivity index (χ0) is 24.5. The number of esters is 1. The van der Waals surface area contributed by atoms with Crippen molar-refractivity contribution in [2.24, 2.45) is 5.73 Å². The Morgan fingerprint density at radius 3 is 2.68 bits per heavy atom. The van der Waals surface area contributed by atoms with E-state index in [2.05, 4.69) is 15.6 Å². The molecule has 1 aromatic heterocycles. The van der Waals surface area contributed by atoms with E-state index in [1.165, 1.54) is 30.6 Å². The summed E-state index contributed by atoms with van der Waals surface area (Å²) in [5.74, 6) is -0.683. The molecule has 0 aliphatic carbocycles. The van der Waals surface area contributed by atoms with Crippen LogP contribution in [-0.2, 0) is 28.5 Å². The number of carbonyl (C=O) groups excluding carboxylic acids is 2. The number of alkyl halides is 3. The molecule has 1 amide bonds. The minimum Gasteiger partial charge on any atom is -0.464 e. The number of methoxy groups -OCH3 is 1. The summed E-state index contributed by atoms with van der Waals surface area (Å²) in [6, 6.07) is 9.90. The molecule has 0 saturated heterocycles. The Bertz CT molecular complexity index is 1230. The fraction of sp³-hybridized carbons (Fsp3) is 0.261. The molecule has 1 atom stereocenters. The Hall–Kier alpha value is -3.44. The first-order valence-electron chi connectivity index (χ1n) is 10.3. The number of halogens is 3. The third-order valence-electron chi connectivity index (χ3n) is 5.29. The summed E-state index contributed by atoms with van der Waals surface area (Å²) in [5, 5.41) is 6.32. The summed E-state index contributed by atoms with van der Waals surface area (Å²) in [5.41, 5.74) is 8.57. The van der Waals surface area contributed by atoms with Crippen LogP contribution in [0.2, 0.25) is 0 Å². The van der Waals surface area contributed by atoms with Gasteiger partial charge in [0.25, 0.3) is 0 Å². The van der Waals surface area contributed by atoms with Crippen LogP contribution >= 0.6 is 11.3 Å².